The number of benzene rings is 2. The number of rotatable bonds is 4. The van der Waals surface area contributed by atoms with Crippen molar-refractivity contribution in [2.24, 2.45) is 5.73 Å². The lowest BCUT2D eigenvalue weighted by Crippen LogP contribution is -2.14. The Morgan fingerprint density at radius 2 is 1.78 bits per heavy atom. The first-order chi connectivity index (χ1) is 8.66. The van der Waals surface area contributed by atoms with Crippen LogP contribution < -0.4 is 5.73 Å². The lowest BCUT2D eigenvalue weighted by Gasteiger charge is -2.07. The molecule has 92 valence electrons. The van der Waals surface area contributed by atoms with Crippen molar-refractivity contribution >= 4 is 21.8 Å². The molecular weight excluding hydrogens is 290 g/mol. The zero-order chi connectivity index (χ0) is 13.0. The summed E-state index contributed by atoms with van der Waals surface area (Å²) in [6.45, 7) is 0. The van der Waals surface area contributed by atoms with Crippen molar-refractivity contribution in [3.63, 3.8) is 0 Å². The normalized spacial score (nSPS) is 10.3. The van der Waals surface area contributed by atoms with Crippen molar-refractivity contribution in [3.8, 4) is 0 Å². The predicted molar refractivity (Wildman–Crippen MR) is 76.5 cm³/mol. The minimum atomic E-state index is -0.370. The second-order valence-corrected chi connectivity index (χ2v) is 5.07. The van der Waals surface area contributed by atoms with Crippen LogP contribution in [-0.2, 0) is 12.8 Å². The van der Waals surface area contributed by atoms with Crippen LogP contribution in [0.2, 0.25) is 0 Å². The average Bonchev–Trinajstić information content (AvgIpc) is 2.37. The Balaban J connectivity index is 2.18. The van der Waals surface area contributed by atoms with Gasteiger partial charge in [0.1, 0.15) is 0 Å². The molecule has 2 aromatic carbocycles. The third-order valence-corrected chi connectivity index (χ3v) is 3.35. The Hall–Kier alpha value is -1.61. The van der Waals surface area contributed by atoms with E-state index in [-0.39, 0.29) is 5.91 Å². The summed E-state index contributed by atoms with van der Waals surface area (Å²) >= 11 is 3.42. The topological polar surface area (TPSA) is 43.1 Å². The molecule has 0 fully saturated rings. The molecule has 0 heterocycles. The standard InChI is InChI=1S/C15H14BrNO/c16-13-8-9-14(15(17)18)12(10-13)7-6-11-4-2-1-3-5-11/h1-5,8-10H,6-7H2,(H2,17,18). The van der Waals surface area contributed by atoms with Crippen molar-refractivity contribution in [1.29, 1.82) is 0 Å². The predicted octanol–water partition coefficient (Wildman–Crippen LogP) is 3.33. The highest BCUT2D eigenvalue weighted by Gasteiger charge is 2.08. The van der Waals surface area contributed by atoms with Gasteiger partial charge in [0, 0.05) is 10.0 Å². The Kier molecular flexibility index (Phi) is 4.15. The monoisotopic (exact) mass is 303 g/mol. The number of amides is 1. The molecule has 0 saturated heterocycles. The van der Waals surface area contributed by atoms with Crippen molar-refractivity contribution in [2.45, 2.75) is 12.8 Å². The molecule has 0 saturated carbocycles. The highest BCUT2D eigenvalue weighted by molar-refractivity contribution is 9.10. The van der Waals surface area contributed by atoms with Crippen molar-refractivity contribution < 1.29 is 4.79 Å². The van der Waals surface area contributed by atoms with E-state index in [0.717, 1.165) is 22.9 Å². The fraction of sp³-hybridized carbons (Fsp3) is 0.133. The van der Waals surface area contributed by atoms with Crippen LogP contribution >= 0.6 is 15.9 Å². The molecule has 0 bridgehead atoms. The first-order valence-electron chi connectivity index (χ1n) is 5.79. The van der Waals surface area contributed by atoms with E-state index < -0.39 is 0 Å². The molecule has 0 aliphatic heterocycles. The molecular formula is C15H14BrNO. The highest BCUT2D eigenvalue weighted by Crippen LogP contribution is 2.18. The number of hydrogen-bond acceptors (Lipinski definition) is 1. The maximum atomic E-state index is 11.4. The Morgan fingerprint density at radius 1 is 1.06 bits per heavy atom. The lowest BCUT2D eigenvalue weighted by atomic mass is 9.99. The van der Waals surface area contributed by atoms with Crippen LogP contribution in [0.1, 0.15) is 21.5 Å². The zero-order valence-electron chi connectivity index (χ0n) is 9.90. The van der Waals surface area contributed by atoms with E-state index in [2.05, 4.69) is 28.1 Å². The van der Waals surface area contributed by atoms with Crippen LogP contribution in [-0.4, -0.2) is 5.91 Å². The molecule has 3 heteroatoms. The minimum Gasteiger partial charge on any atom is -0.366 e. The van der Waals surface area contributed by atoms with Gasteiger partial charge in [-0.15, -0.1) is 0 Å². The molecule has 2 rings (SSSR count). The maximum absolute atomic E-state index is 11.4. The van der Waals surface area contributed by atoms with Crippen LogP contribution in [0, 0.1) is 0 Å². The average molecular weight is 304 g/mol. The van der Waals surface area contributed by atoms with Gasteiger partial charge in [-0.1, -0.05) is 46.3 Å². The molecule has 2 nitrogen and oxygen atoms in total. The van der Waals surface area contributed by atoms with E-state index in [1.807, 2.05) is 30.3 Å². The van der Waals surface area contributed by atoms with Gasteiger partial charge in [-0.05, 0) is 42.2 Å². The SMILES string of the molecule is NC(=O)c1ccc(Br)cc1CCc1ccccc1. The summed E-state index contributed by atoms with van der Waals surface area (Å²) in [5, 5.41) is 0. The molecule has 2 N–H and O–H groups in total. The summed E-state index contributed by atoms with van der Waals surface area (Å²) in [4.78, 5) is 11.4. The molecule has 0 aliphatic rings. The molecule has 0 radical (unpaired) electrons. The maximum Gasteiger partial charge on any atom is 0.248 e. The van der Waals surface area contributed by atoms with Gasteiger partial charge >= 0.3 is 0 Å². The van der Waals surface area contributed by atoms with E-state index in [1.165, 1.54) is 5.56 Å². The second-order valence-electron chi connectivity index (χ2n) is 4.15. The van der Waals surface area contributed by atoms with Gasteiger partial charge in [0.2, 0.25) is 5.91 Å². The van der Waals surface area contributed by atoms with Gasteiger partial charge in [-0.2, -0.15) is 0 Å². The minimum absolute atomic E-state index is 0.370. The van der Waals surface area contributed by atoms with Gasteiger partial charge in [-0.3, -0.25) is 4.79 Å². The van der Waals surface area contributed by atoms with Crippen LogP contribution in [0.5, 0.6) is 0 Å². The number of halogens is 1. The first-order valence-corrected chi connectivity index (χ1v) is 6.58. The number of primary amides is 1. The van der Waals surface area contributed by atoms with Gasteiger partial charge in [0.25, 0.3) is 0 Å². The number of carbonyl (C=O) groups excluding carboxylic acids is 1. The van der Waals surface area contributed by atoms with Crippen LogP contribution in [0.4, 0.5) is 0 Å². The number of hydrogen-bond donors (Lipinski definition) is 1. The van der Waals surface area contributed by atoms with E-state index in [1.54, 1.807) is 6.07 Å². The molecule has 0 atom stereocenters. The number of aryl methyl sites for hydroxylation is 2. The second kappa shape index (κ2) is 5.83. The summed E-state index contributed by atoms with van der Waals surface area (Å²) in [5.74, 6) is -0.370. The highest BCUT2D eigenvalue weighted by atomic mass is 79.9. The van der Waals surface area contributed by atoms with E-state index in [9.17, 15) is 4.79 Å². The summed E-state index contributed by atoms with van der Waals surface area (Å²) in [6.07, 6.45) is 1.71. The molecule has 1 amide bonds. The Bertz CT molecular complexity index is 552. The summed E-state index contributed by atoms with van der Waals surface area (Å²) in [7, 11) is 0. The molecule has 0 unspecified atom stereocenters. The van der Waals surface area contributed by atoms with Crippen molar-refractivity contribution in [3.05, 3.63) is 69.7 Å². The van der Waals surface area contributed by atoms with Gasteiger partial charge in [0.15, 0.2) is 0 Å². The quantitative estimate of drug-likeness (QED) is 0.925. The molecule has 2 aromatic rings. The van der Waals surface area contributed by atoms with E-state index >= 15 is 0 Å². The van der Waals surface area contributed by atoms with Crippen molar-refractivity contribution in [1.82, 2.24) is 0 Å². The molecule has 0 spiro atoms. The number of carbonyl (C=O) groups is 1. The van der Waals surface area contributed by atoms with Gasteiger partial charge in [0.05, 0.1) is 0 Å². The van der Waals surface area contributed by atoms with E-state index in [0.29, 0.717) is 5.56 Å². The summed E-state index contributed by atoms with van der Waals surface area (Å²) < 4.78 is 0.968. The Labute approximate surface area is 115 Å². The third-order valence-electron chi connectivity index (χ3n) is 2.86. The lowest BCUT2D eigenvalue weighted by molar-refractivity contribution is 0.0999. The third kappa shape index (κ3) is 3.20. The largest absolute Gasteiger partial charge is 0.366 e. The molecule has 0 aromatic heterocycles. The van der Waals surface area contributed by atoms with Crippen LogP contribution in [0.3, 0.4) is 0 Å². The van der Waals surface area contributed by atoms with Crippen molar-refractivity contribution in [2.75, 3.05) is 0 Å². The Morgan fingerprint density at radius 3 is 2.44 bits per heavy atom. The number of nitrogens with two attached hydrogens (primary N) is 1. The first kappa shape index (κ1) is 12.8. The summed E-state index contributed by atoms with van der Waals surface area (Å²) in [6, 6.07) is 15.8. The smallest absolute Gasteiger partial charge is 0.248 e. The van der Waals surface area contributed by atoms with Crippen LogP contribution in [0.25, 0.3) is 0 Å². The van der Waals surface area contributed by atoms with Gasteiger partial charge in [-0.25, -0.2) is 0 Å². The van der Waals surface area contributed by atoms with E-state index in [4.69, 9.17) is 5.73 Å². The molecule has 18 heavy (non-hydrogen) atoms. The zero-order valence-corrected chi connectivity index (χ0v) is 11.5. The fourth-order valence-corrected chi connectivity index (χ4v) is 2.34. The van der Waals surface area contributed by atoms with Gasteiger partial charge < -0.3 is 5.73 Å². The molecule has 0 aliphatic carbocycles. The fourth-order valence-electron chi connectivity index (χ4n) is 1.93. The van der Waals surface area contributed by atoms with Crippen LogP contribution in [0.15, 0.2) is 53.0 Å². The summed E-state index contributed by atoms with van der Waals surface area (Å²) in [5.41, 5.74) is 8.23.